The number of aromatic nitrogens is 2. The molecule has 3 aromatic rings. The lowest BCUT2D eigenvalue weighted by Crippen LogP contribution is -2.42. The van der Waals surface area contributed by atoms with Crippen LogP contribution < -0.4 is 19.9 Å². The summed E-state index contributed by atoms with van der Waals surface area (Å²) in [6.07, 6.45) is 4.85. The first-order chi connectivity index (χ1) is 19.7. The van der Waals surface area contributed by atoms with E-state index in [1.165, 1.54) is 0 Å². The van der Waals surface area contributed by atoms with Gasteiger partial charge in [-0.1, -0.05) is 13.8 Å². The minimum absolute atomic E-state index is 0.0667. The van der Waals surface area contributed by atoms with Gasteiger partial charge in [-0.05, 0) is 74.2 Å². The fraction of sp³-hybridized carbons (Fsp3) is 0.387. The number of nitrogens with zero attached hydrogens (tertiary/aromatic N) is 4. The second kappa shape index (κ2) is 12.4. The Morgan fingerprint density at radius 3 is 2.49 bits per heavy atom. The molecule has 1 aliphatic rings. The lowest BCUT2D eigenvalue weighted by Gasteiger charge is -2.26. The minimum Gasteiger partial charge on any atom is -0.493 e. The Labute approximate surface area is 240 Å². The van der Waals surface area contributed by atoms with Crippen LogP contribution in [0.25, 0.3) is 0 Å². The Bertz CT molecular complexity index is 1450. The Morgan fingerprint density at radius 1 is 1.07 bits per heavy atom. The van der Waals surface area contributed by atoms with Gasteiger partial charge in [0.15, 0.2) is 5.82 Å². The van der Waals surface area contributed by atoms with E-state index in [0.717, 1.165) is 16.8 Å². The molecule has 2 amide bonds. The summed E-state index contributed by atoms with van der Waals surface area (Å²) in [5, 5.41) is 12.4. The molecule has 10 nitrogen and oxygen atoms in total. The normalized spacial score (nSPS) is 12.9. The summed E-state index contributed by atoms with van der Waals surface area (Å²) < 4.78 is 6.01. The van der Waals surface area contributed by atoms with Gasteiger partial charge in [0, 0.05) is 44.5 Å². The lowest BCUT2D eigenvalue weighted by molar-refractivity contribution is -0.149. The van der Waals surface area contributed by atoms with Crippen molar-refractivity contribution < 1.29 is 24.2 Å². The van der Waals surface area contributed by atoms with E-state index in [9.17, 15) is 19.5 Å². The number of nitrogens with one attached hydrogen (secondary N) is 1. The van der Waals surface area contributed by atoms with Crippen LogP contribution in [0, 0.1) is 12.3 Å². The van der Waals surface area contributed by atoms with E-state index in [4.69, 9.17) is 4.74 Å². The van der Waals surface area contributed by atoms with Crippen LogP contribution in [-0.4, -0.2) is 59.6 Å². The monoisotopic (exact) mass is 559 g/mol. The van der Waals surface area contributed by atoms with Crippen LogP contribution in [0.5, 0.6) is 5.75 Å². The van der Waals surface area contributed by atoms with Crippen molar-refractivity contribution in [3.05, 3.63) is 71.0 Å². The molecule has 10 heteroatoms. The van der Waals surface area contributed by atoms with Crippen LogP contribution in [0.3, 0.4) is 0 Å². The van der Waals surface area contributed by atoms with Gasteiger partial charge in [-0.15, -0.1) is 0 Å². The Hall–Kier alpha value is -4.47. The molecule has 0 spiro atoms. The summed E-state index contributed by atoms with van der Waals surface area (Å²) in [7, 11) is 1.74. The predicted octanol–water partition coefficient (Wildman–Crippen LogP) is 4.78. The maximum atomic E-state index is 13.3. The number of carboxylic acids is 1. The number of aliphatic carboxylic acids is 1. The molecule has 0 saturated heterocycles. The molecule has 1 aliphatic heterocycles. The van der Waals surface area contributed by atoms with E-state index < -0.39 is 11.4 Å². The number of rotatable bonds is 11. The van der Waals surface area contributed by atoms with Gasteiger partial charge >= 0.3 is 5.97 Å². The second-order valence-corrected chi connectivity index (χ2v) is 10.2. The lowest BCUT2D eigenvalue weighted by atomic mass is 9.82. The smallest absolute Gasteiger partial charge is 0.311 e. The number of fused-ring (bicyclic) bond motifs is 2. The van der Waals surface area contributed by atoms with Crippen molar-refractivity contribution in [3.63, 3.8) is 0 Å². The number of hydrogen-bond donors (Lipinski definition) is 2. The van der Waals surface area contributed by atoms with Crippen LogP contribution in [-0.2, 0) is 11.2 Å². The van der Waals surface area contributed by atoms with Gasteiger partial charge in [0.2, 0.25) is 0 Å². The Kier molecular flexibility index (Phi) is 8.90. The zero-order chi connectivity index (χ0) is 29.7. The third kappa shape index (κ3) is 5.86. The molecule has 0 fully saturated rings. The zero-order valence-corrected chi connectivity index (χ0v) is 24.2. The SMILES string of the molecule is CCN1c2ncc(CCOc3ccc(C(=O)NCC(CC)(CC)C(=O)O)cc3C)cc2C(=O)N(C)c2cccnc21. The fourth-order valence-corrected chi connectivity index (χ4v) is 5.02. The molecule has 4 rings (SSSR count). The van der Waals surface area contributed by atoms with E-state index >= 15 is 0 Å². The number of anilines is 3. The van der Waals surface area contributed by atoms with E-state index in [1.54, 1.807) is 42.5 Å². The molecule has 0 aliphatic carbocycles. The van der Waals surface area contributed by atoms with E-state index in [0.29, 0.717) is 60.9 Å². The van der Waals surface area contributed by atoms with E-state index in [2.05, 4.69) is 15.3 Å². The first-order valence-corrected chi connectivity index (χ1v) is 13.9. The summed E-state index contributed by atoms with van der Waals surface area (Å²) in [5.41, 5.74) is 2.35. The molecule has 0 radical (unpaired) electrons. The number of ether oxygens (including phenoxy) is 1. The van der Waals surface area contributed by atoms with Gasteiger partial charge in [0.1, 0.15) is 11.6 Å². The summed E-state index contributed by atoms with van der Waals surface area (Å²) >= 11 is 0. The molecule has 216 valence electrons. The van der Waals surface area contributed by atoms with Crippen LogP contribution >= 0.6 is 0 Å². The van der Waals surface area contributed by atoms with E-state index in [-0.39, 0.29) is 18.4 Å². The highest BCUT2D eigenvalue weighted by Gasteiger charge is 2.35. The van der Waals surface area contributed by atoms with Crippen molar-refractivity contribution in [2.45, 2.75) is 47.0 Å². The maximum Gasteiger partial charge on any atom is 0.311 e. The summed E-state index contributed by atoms with van der Waals surface area (Å²) in [6, 6.07) is 10.7. The second-order valence-electron chi connectivity index (χ2n) is 10.2. The van der Waals surface area contributed by atoms with Crippen LogP contribution in [0.2, 0.25) is 0 Å². The van der Waals surface area contributed by atoms with Gasteiger partial charge < -0.3 is 25.0 Å². The summed E-state index contributed by atoms with van der Waals surface area (Å²) in [6.45, 7) is 8.51. The van der Waals surface area contributed by atoms with Gasteiger partial charge in [0.05, 0.1) is 23.3 Å². The van der Waals surface area contributed by atoms with Crippen molar-refractivity contribution in [3.8, 4) is 5.75 Å². The van der Waals surface area contributed by atoms with Gasteiger partial charge in [-0.3, -0.25) is 14.4 Å². The molecule has 2 aromatic heterocycles. The molecule has 1 aromatic carbocycles. The van der Waals surface area contributed by atoms with Crippen molar-refractivity contribution in [1.82, 2.24) is 15.3 Å². The number of carbonyl (C=O) groups excluding carboxylic acids is 2. The highest BCUT2D eigenvalue weighted by molar-refractivity contribution is 6.12. The quantitative estimate of drug-likeness (QED) is 0.344. The number of benzene rings is 1. The van der Waals surface area contributed by atoms with Crippen LogP contribution in [0.4, 0.5) is 17.3 Å². The Morgan fingerprint density at radius 2 is 1.83 bits per heavy atom. The molecule has 41 heavy (non-hydrogen) atoms. The molecule has 0 bridgehead atoms. The van der Waals surface area contributed by atoms with Crippen LogP contribution in [0.1, 0.15) is 65.5 Å². The fourth-order valence-electron chi connectivity index (χ4n) is 5.02. The van der Waals surface area contributed by atoms with Gasteiger partial charge in [-0.2, -0.15) is 0 Å². The third-order valence-electron chi connectivity index (χ3n) is 7.89. The number of amides is 2. The zero-order valence-electron chi connectivity index (χ0n) is 24.2. The van der Waals surface area contributed by atoms with Gasteiger partial charge in [-0.25, -0.2) is 9.97 Å². The topological polar surface area (TPSA) is 125 Å². The average molecular weight is 560 g/mol. The molecule has 0 saturated carbocycles. The highest BCUT2D eigenvalue weighted by atomic mass is 16.5. The Balaban J connectivity index is 1.42. The van der Waals surface area contributed by atoms with E-state index in [1.807, 2.05) is 50.8 Å². The standard InChI is InChI=1S/C31H37N5O5/c1-6-31(7-2,30(39)40)19-34-28(37)22-11-12-25(20(4)16-22)41-15-13-21-17-23-26(33-18-21)36(8-3)27-24(10-9-14-32-27)35(5)29(23)38/h9-12,14,16-18H,6-8,13,15,19H2,1-5H3,(H,34,37)(H,39,40). The first kappa shape index (κ1) is 29.5. The molecule has 2 N–H and O–H groups in total. The molecule has 3 heterocycles. The number of hydrogen-bond acceptors (Lipinski definition) is 7. The number of aryl methyl sites for hydroxylation is 1. The molecule has 0 unspecified atom stereocenters. The predicted molar refractivity (Wildman–Crippen MR) is 157 cm³/mol. The largest absolute Gasteiger partial charge is 0.493 e. The minimum atomic E-state index is -0.978. The number of carboxylic acid groups (broad SMARTS) is 1. The first-order valence-electron chi connectivity index (χ1n) is 13.9. The highest BCUT2D eigenvalue weighted by Crippen LogP contribution is 2.37. The average Bonchev–Trinajstić information content (AvgIpc) is 3.06. The molecular formula is C31H37N5O5. The number of pyridine rings is 2. The third-order valence-corrected chi connectivity index (χ3v) is 7.89. The summed E-state index contributed by atoms with van der Waals surface area (Å²) in [4.78, 5) is 50.5. The van der Waals surface area contributed by atoms with Crippen molar-refractivity contribution >= 4 is 35.1 Å². The van der Waals surface area contributed by atoms with Crippen molar-refractivity contribution in [2.75, 3.05) is 36.5 Å². The van der Waals surface area contributed by atoms with Crippen LogP contribution in [0.15, 0.2) is 48.8 Å². The molecular weight excluding hydrogens is 522 g/mol. The summed E-state index contributed by atoms with van der Waals surface area (Å²) in [5.74, 6) is 0.529. The number of carbonyl (C=O) groups is 3. The van der Waals surface area contributed by atoms with Crippen molar-refractivity contribution in [1.29, 1.82) is 0 Å². The maximum absolute atomic E-state index is 13.3. The van der Waals surface area contributed by atoms with Gasteiger partial charge in [0.25, 0.3) is 11.8 Å². The molecule has 0 atom stereocenters. The van der Waals surface area contributed by atoms with Crippen molar-refractivity contribution in [2.24, 2.45) is 5.41 Å².